The van der Waals surface area contributed by atoms with Crippen LogP contribution in [0.5, 0.6) is 0 Å². The molecule has 1 atom stereocenters. The molecule has 0 aromatic rings. The third kappa shape index (κ3) is 37.3. The first-order valence-electron chi connectivity index (χ1n) is 0.569. The van der Waals surface area contributed by atoms with Gasteiger partial charge in [0.25, 0.3) is 0 Å². The molecule has 36 valence electrons. The molecule has 0 fully saturated rings. The molecule has 1 unspecified atom stereocenters. The van der Waals surface area contributed by atoms with E-state index in [0.29, 0.717) is 0 Å². The molecule has 0 aliphatic rings. The fourth-order valence-electron chi connectivity index (χ4n) is 0. The molecule has 0 spiro atoms. The van der Waals surface area contributed by atoms with Crippen LogP contribution < -0.4 is 5.50 Å². The van der Waals surface area contributed by atoms with Gasteiger partial charge in [-0.05, 0) is 7.51 Å². The Morgan fingerprint density at radius 1 is 1.40 bits per heavy atom. The third-order valence-corrected chi connectivity index (χ3v) is 0. The minimum Gasteiger partial charge on any atom is -0.307 e. The van der Waals surface area contributed by atoms with Crippen LogP contribution in [0.2, 0.25) is 0 Å². The van der Waals surface area contributed by atoms with Crippen LogP contribution in [0, 0.1) is 0 Å². The monoisotopic (exact) mass is 153 g/mol. The third-order valence-electron chi connectivity index (χ3n) is 0. The summed E-state index contributed by atoms with van der Waals surface area (Å²) in [4.78, 5) is 0. The van der Waals surface area contributed by atoms with E-state index in [1.807, 2.05) is 0 Å². The molecule has 0 aromatic heterocycles. The molecule has 1 nitrogen and oxygen atoms in total. The summed E-state index contributed by atoms with van der Waals surface area (Å²) in [6, 6.07) is 0. The van der Waals surface area contributed by atoms with E-state index in [9.17, 15) is 0 Å². The largest absolute Gasteiger partial charge is 0.307 e. The second kappa shape index (κ2) is 19.0. The summed E-state index contributed by atoms with van der Waals surface area (Å²) in [6.45, 7) is 0. The van der Waals surface area contributed by atoms with Gasteiger partial charge in [-0.2, -0.15) is 0 Å². The highest BCUT2D eigenvalue weighted by atomic mass is 35.5. The van der Waals surface area contributed by atoms with Crippen LogP contribution in [0.25, 0.3) is 0 Å². The average Bonchev–Trinajstić information content (AvgIpc) is 0.918. The summed E-state index contributed by atoms with van der Waals surface area (Å²) in [6.07, 6.45) is 0. The Labute approximate surface area is 50.0 Å². The zero-order valence-corrected chi connectivity index (χ0v) is 5.98. The van der Waals surface area contributed by atoms with Crippen LogP contribution in [-0.2, 0) is 11.8 Å². The highest BCUT2D eigenvalue weighted by molar-refractivity contribution is 7.95. The van der Waals surface area contributed by atoms with Crippen molar-refractivity contribution in [3.63, 3.8) is 0 Å². The van der Waals surface area contributed by atoms with Gasteiger partial charge in [-0.3, -0.25) is 0 Å². The lowest BCUT2D eigenvalue weighted by molar-refractivity contribution is 2.05. The molecule has 0 aliphatic carbocycles. The molecule has 0 amide bonds. The van der Waals surface area contributed by atoms with Gasteiger partial charge in [0, 0.05) is 0 Å². The van der Waals surface area contributed by atoms with E-state index in [4.69, 9.17) is 5.50 Å². The van der Waals surface area contributed by atoms with Crippen LogP contribution in [0.3, 0.4) is 0 Å². The highest BCUT2D eigenvalue weighted by Crippen LogP contribution is 1.57. The van der Waals surface area contributed by atoms with Gasteiger partial charge in [0.15, 0.2) is 0 Å². The Balaban J connectivity index is -0.0000000200. The van der Waals surface area contributed by atoms with E-state index < -0.39 is 0 Å². The maximum Gasteiger partial charge on any atom is -0.0149 e. The topological polar surface area (TPSA) is 26.0 Å². The summed E-state index contributed by atoms with van der Waals surface area (Å²) in [7, 11) is -0.167. The first kappa shape index (κ1) is 16.4. The molecule has 2 N–H and O–H groups in total. The molecular weight excluding hydrogens is 148 g/mol. The predicted octanol–water partition coefficient (Wildman–Crippen LogP) is 0.576. The predicted molar refractivity (Wildman–Crippen MR) is 35.8 cm³/mol. The lowest BCUT2D eigenvalue weighted by Crippen LogP contribution is -1.51. The highest BCUT2D eigenvalue weighted by Gasteiger charge is 1.11. The molecular formula is H6Cl2NPS. The molecule has 0 aromatic carbocycles. The van der Waals surface area contributed by atoms with E-state index >= 15 is 0 Å². The molecule has 0 saturated heterocycles. The normalized spacial score (nSPS) is 5.80. The zero-order chi connectivity index (χ0) is 2.71. The molecule has 0 radical (unpaired) electrons. The smallest absolute Gasteiger partial charge is 0.0149 e. The van der Waals surface area contributed by atoms with E-state index in [1.165, 1.54) is 0 Å². The Hall–Kier alpha value is 1.19. The van der Waals surface area contributed by atoms with Gasteiger partial charge in [-0.25, -0.2) is 0 Å². The van der Waals surface area contributed by atoms with E-state index in [1.54, 1.807) is 0 Å². The van der Waals surface area contributed by atoms with Crippen molar-refractivity contribution in [2.24, 2.45) is 5.50 Å². The second-order valence-corrected chi connectivity index (χ2v) is 1.22. The van der Waals surface area contributed by atoms with E-state index in [0.717, 1.165) is 0 Å². The number of hydrogen-bond donors (Lipinski definition) is 1. The standard InChI is InChI=1S/2ClH.H4NPS/c;;1-2-3/h2*1H;2H2,(H2,1,3). The number of hydrogen-bond acceptors (Lipinski definition) is 1. The first-order chi connectivity index (χ1) is 1.41. The number of nitrogens with two attached hydrogens (primary N) is 1. The maximum atomic E-state index is 4.75. The first-order valence-corrected chi connectivity index (χ1v) is 3.12. The minimum atomic E-state index is -0.167. The van der Waals surface area contributed by atoms with Gasteiger partial charge in [0.05, 0.1) is 0 Å². The lowest BCUT2D eigenvalue weighted by atomic mass is 13.9. The molecule has 0 heterocycles. The van der Waals surface area contributed by atoms with Crippen molar-refractivity contribution in [3.05, 3.63) is 0 Å². The Kier molecular flexibility index (Phi) is 62.3. The van der Waals surface area contributed by atoms with Gasteiger partial charge in [-0.1, -0.05) is 11.8 Å². The Bertz CT molecular complexity index is 17.1. The van der Waals surface area contributed by atoms with Crippen LogP contribution in [0.4, 0.5) is 0 Å². The quantitative estimate of drug-likeness (QED) is 0.516. The van der Waals surface area contributed by atoms with Crippen molar-refractivity contribution in [2.45, 2.75) is 0 Å². The fourth-order valence-corrected chi connectivity index (χ4v) is 0. The summed E-state index contributed by atoms with van der Waals surface area (Å²) in [5.74, 6) is 0. The summed E-state index contributed by atoms with van der Waals surface area (Å²) >= 11 is 4.25. The Morgan fingerprint density at radius 3 is 1.40 bits per heavy atom. The lowest BCUT2D eigenvalue weighted by Gasteiger charge is -1.36. The summed E-state index contributed by atoms with van der Waals surface area (Å²) in [5.41, 5.74) is 4.75. The molecule has 0 bridgehead atoms. The molecule has 0 saturated carbocycles. The van der Waals surface area contributed by atoms with E-state index in [2.05, 4.69) is 11.8 Å². The average molecular weight is 154 g/mol. The Morgan fingerprint density at radius 2 is 1.40 bits per heavy atom. The second-order valence-electron chi connectivity index (χ2n) is 0.136. The van der Waals surface area contributed by atoms with Crippen LogP contribution in [0.1, 0.15) is 0 Å². The van der Waals surface area contributed by atoms with Crippen LogP contribution in [0.15, 0.2) is 0 Å². The molecule has 5 heteroatoms. The molecule has 0 aliphatic heterocycles. The van der Waals surface area contributed by atoms with Gasteiger partial charge in [0.1, 0.15) is 0 Å². The molecule has 0 rings (SSSR count). The van der Waals surface area contributed by atoms with Crippen molar-refractivity contribution in [3.8, 4) is 0 Å². The number of halogens is 2. The van der Waals surface area contributed by atoms with E-state index in [-0.39, 0.29) is 32.3 Å². The summed E-state index contributed by atoms with van der Waals surface area (Å²) in [5, 5.41) is 0. The van der Waals surface area contributed by atoms with Gasteiger partial charge >= 0.3 is 0 Å². The van der Waals surface area contributed by atoms with Crippen molar-refractivity contribution in [1.29, 1.82) is 0 Å². The van der Waals surface area contributed by atoms with Gasteiger partial charge < -0.3 is 5.50 Å². The fraction of sp³-hybridized carbons (Fsp3) is 0. The van der Waals surface area contributed by atoms with Gasteiger partial charge in [-0.15, -0.1) is 24.8 Å². The zero-order valence-electron chi connectivity index (χ0n) is 2.38. The van der Waals surface area contributed by atoms with Crippen LogP contribution in [-0.4, -0.2) is 0 Å². The number of rotatable bonds is 0. The van der Waals surface area contributed by atoms with Gasteiger partial charge in [0.2, 0.25) is 0 Å². The van der Waals surface area contributed by atoms with Crippen molar-refractivity contribution < 1.29 is 0 Å². The maximum absolute atomic E-state index is 4.75. The summed E-state index contributed by atoms with van der Waals surface area (Å²) < 4.78 is 0. The SMILES string of the molecule is Cl.Cl.N[PH2]=S. The van der Waals surface area contributed by atoms with Crippen molar-refractivity contribution in [2.75, 3.05) is 0 Å². The van der Waals surface area contributed by atoms with Crippen molar-refractivity contribution >= 4 is 44.1 Å². The van der Waals surface area contributed by atoms with Crippen LogP contribution >= 0.6 is 32.3 Å². The van der Waals surface area contributed by atoms with Crippen molar-refractivity contribution in [1.82, 2.24) is 0 Å². The molecule has 5 heavy (non-hydrogen) atoms. The minimum absolute atomic E-state index is 0.